The number of thioether (sulfide) groups is 1. The van der Waals surface area contributed by atoms with E-state index in [1.54, 1.807) is 0 Å². The fourth-order valence-corrected chi connectivity index (χ4v) is 2.65. The van der Waals surface area contributed by atoms with E-state index in [0.717, 1.165) is 46.3 Å². The summed E-state index contributed by atoms with van der Waals surface area (Å²) in [4.78, 5) is 9.10. The van der Waals surface area contributed by atoms with E-state index in [2.05, 4.69) is 52.0 Å². The molecule has 0 fully saturated rings. The van der Waals surface area contributed by atoms with Gasteiger partial charge in [0.15, 0.2) is 0 Å². The summed E-state index contributed by atoms with van der Waals surface area (Å²) in [5.74, 6) is 4.58. The molecule has 0 amide bonds. The molecule has 1 heterocycles. The number of nitrogens with one attached hydrogen (secondary N) is 1. The highest BCUT2D eigenvalue weighted by Gasteiger charge is 2.09. The molecule has 0 aliphatic carbocycles. The Hall–Kier alpha value is -0.290. The van der Waals surface area contributed by atoms with Crippen LogP contribution in [0.5, 0.6) is 0 Å². The smallest absolute Gasteiger partial charge is 0.144 e. The predicted octanol–water partition coefficient (Wildman–Crippen LogP) is 4.26. The zero-order chi connectivity index (χ0) is 13.5. The average Bonchev–Trinajstić information content (AvgIpc) is 2.31. The van der Waals surface area contributed by atoms with Crippen LogP contribution < -0.4 is 5.32 Å². The highest BCUT2D eigenvalue weighted by atomic mass is 79.9. The molecule has 1 aromatic rings. The first kappa shape index (κ1) is 15.8. The van der Waals surface area contributed by atoms with Crippen molar-refractivity contribution in [1.82, 2.24) is 9.97 Å². The summed E-state index contributed by atoms with van der Waals surface area (Å²) in [6, 6.07) is 0. The Balaban J connectivity index is 2.70. The van der Waals surface area contributed by atoms with Gasteiger partial charge in [-0.3, -0.25) is 0 Å². The molecule has 0 aliphatic rings. The van der Waals surface area contributed by atoms with Gasteiger partial charge in [0.2, 0.25) is 0 Å². The molecule has 0 unspecified atom stereocenters. The van der Waals surface area contributed by atoms with Gasteiger partial charge in [0.05, 0.1) is 15.9 Å². The van der Waals surface area contributed by atoms with E-state index in [0.29, 0.717) is 5.92 Å². The topological polar surface area (TPSA) is 37.8 Å². The van der Waals surface area contributed by atoms with Gasteiger partial charge in [-0.05, 0) is 40.9 Å². The van der Waals surface area contributed by atoms with E-state index in [9.17, 15) is 0 Å². The van der Waals surface area contributed by atoms with Gasteiger partial charge in [0.25, 0.3) is 0 Å². The number of anilines is 1. The Morgan fingerprint density at radius 3 is 2.67 bits per heavy atom. The fourth-order valence-electron chi connectivity index (χ4n) is 1.43. The van der Waals surface area contributed by atoms with Crippen LogP contribution in [0.25, 0.3) is 0 Å². The number of rotatable bonds is 7. The molecular formula is C13H22BrN3S. The Kier molecular flexibility index (Phi) is 7.00. The fraction of sp³-hybridized carbons (Fsp3) is 0.692. The monoisotopic (exact) mass is 331 g/mol. The molecule has 0 aliphatic heterocycles. The van der Waals surface area contributed by atoms with E-state index in [1.165, 1.54) is 0 Å². The summed E-state index contributed by atoms with van der Waals surface area (Å²) >= 11 is 5.44. The Bertz CT molecular complexity index is 383. The second-order valence-corrected chi connectivity index (χ2v) is 6.55. The van der Waals surface area contributed by atoms with Gasteiger partial charge >= 0.3 is 0 Å². The molecule has 0 aromatic carbocycles. The van der Waals surface area contributed by atoms with Crippen LogP contribution in [0.2, 0.25) is 0 Å². The predicted molar refractivity (Wildman–Crippen MR) is 84.2 cm³/mol. The van der Waals surface area contributed by atoms with E-state index >= 15 is 0 Å². The summed E-state index contributed by atoms with van der Waals surface area (Å²) in [7, 11) is 0. The zero-order valence-corrected chi connectivity index (χ0v) is 14.0. The number of halogens is 1. The van der Waals surface area contributed by atoms with Gasteiger partial charge in [0, 0.05) is 6.54 Å². The molecule has 3 nitrogen and oxygen atoms in total. The molecule has 0 saturated heterocycles. The third-order valence-corrected chi connectivity index (χ3v) is 4.60. The lowest BCUT2D eigenvalue weighted by atomic mass is 10.3. The molecule has 0 spiro atoms. The Morgan fingerprint density at radius 1 is 1.33 bits per heavy atom. The quantitative estimate of drug-likeness (QED) is 0.810. The van der Waals surface area contributed by atoms with Crippen LogP contribution >= 0.6 is 27.7 Å². The molecule has 0 atom stereocenters. The highest BCUT2D eigenvalue weighted by Crippen LogP contribution is 2.24. The molecule has 0 bridgehead atoms. The molecule has 0 saturated carbocycles. The minimum absolute atomic E-state index is 0.712. The lowest BCUT2D eigenvalue weighted by Gasteiger charge is -2.11. The molecule has 1 rings (SSSR count). The molecule has 102 valence electrons. The van der Waals surface area contributed by atoms with Crippen molar-refractivity contribution >= 4 is 33.5 Å². The summed E-state index contributed by atoms with van der Waals surface area (Å²) < 4.78 is 0.980. The Labute approximate surface area is 123 Å². The van der Waals surface area contributed by atoms with Crippen molar-refractivity contribution in [2.45, 2.75) is 39.9 Å². The SMILES string of the molecule is CCCNc1nc(CSCC(C)C)nc(C)c1Br. The lowest BCUT2D eigenvalue weighted by molar-refractivity contribution is 0.749. The largest absolute Gasteiger partial charge is 0.369 e. The van der Waals surface area contributed by atoms with Gasteiger partial charge in [-0.2, -0.15) is 11.8 Å². The standard InChI is InChI=1S/C13H22BrN3S/c1-5-6-15-13-12(14)10(4)16-11(17-13)8-18-7-9(2)3/h9H,5-8H2,1-4H3,(H,15,16,17). The van der Waals surface area contributed by atoms with Gasteiger partial charge in [-0.15, -0.1) is 0 Å². The molecule has 18 heavy (non-hydrogen) atoms. The normalized spacial score (nSPS) is 11.0. The number of aryl methyl sites for hydroxylation is 1. The molecular weight excluding hydrogens is 310 g/mol. The maximum Gasteiger partial charge on any atom is 0.144 e. The van der Waals surface area contributed by atoms with Gasteiger partial charge in [0.1, 0.15) is 11.6 Å². The minimum Gasteiger partial charge on any atom is -0.369 e. The number of nitrogens with zero attached hydrogens (tertiary/aromatic N) is 2. The second kappa shape index (κ2) is 8.00. The average molecular weight is 332 g/mol. The molecule has 5 heteroatoms. The first-order valence-electron chi connectivity index (χ1n) is 6.39. The van der Waals surface area contributed by atoms with E-state index in [-0.39, 0.29) is 0 Å². The van der Waals surface area contributed by atoms with Crippen LogP contribution in [0.4, 0.5) is 5.82 Å². The van der Waals surface area contributed by atoms with Crippen LogP contribution in [-0.2, 0) is 5.75 Å². The minimum atomic E-state index is 0.712. The van der Waals surface area contributed by atoms with Gasteiger partial charge < -0.3 is 5.32 Å². The number of hydrogen-bond donors (Lipinski definition) is 1. The van der Waals surface area contributed by atoms with Crippen LogP contribution in [-0.4, -0.2) is 22.3 Å². The van der Waals surface area contributed by atoms with Crippen molar-refractivity contribution in [1.29, 1.82) is 0 Å². The van der Waals surface area contributed by atoms with Crippen LogP contribution in [0.1, 0.15) is 38.7 Å². The maximum absolute atomic E-state index is 4.58. The molecule has 1 aromatic heterocycles. The lowest BCUT2D eigenvalue weighted by Crippen LogP contribution is -2.07. The number of aromatic nitrogens is 2. The highest BCUT2D eigenvalue weighted by molar-refractivity contribution is 9.10. The Morgan fingerprint density at radius 2 is 2.06 bits per heavy atom. The van der Waals surface area contributed by atoms with Crippen molar-refractivity contribution in [3.05, 3.63) is 16.0 Å². The van der Waals surface area contributed by atoms with E-state index in [1.807, 2.05) is 18.7 Å². The van der Waals surface area contributed by atoms with Crippen molar-refractivity contribution in [3.63, 3.8) is 0 Å². The van der Waals surface area contributed by atoms with Crippen molar-refractivity contribution in [3.8, 4) is 0 Å². The zero-order valence-electron chi connectivity index (χ0n) is 11.6. The third kappa shape index (κ3) is 5.14. The number of hydrogen-bond acceptors (Lipinski definition) is 4. The van der Waals surface area contributed by atoms with Crippen LogP contribution in [0.3, 0.4) is 0 Å². The summed E-state index contributed by atoms with van der Waals surface area (Å²) in [5.41, 5.74) is 1.00. The van der Waals surface area contributed by atoms with Crippen molar-refractivity contribution < 1.29 is 0 Å². The van der Waals surface area contributed by atoms with Crippen molar-refractivity contribution in [2.24, 2.45) is 5.92 Å². The van der Waals surface area contributed by atoms with Crippen LogP contribution in [0.15, 0.2) is 4.47 Å². The molecule has 1 N–H and O–H groups in total. The molecule has 0 radical (unpaired) electrons. The third-order valence-electron chi connectivity index (χ3n) is 2.29. The second-order valence-electron chi connectivity index (χ2n) is 4.72. The van der Waals surface area contributed by atoms with Gasteiger partial charge in [-0.25, -0.2) is 9.97 Å². The summed E-state index contributed by atoms with van der Waals surface area (Å²) in [6.45, 7) is 9.56. The summed E-state index contributed by atoms with van der Waals surface area (Å²) in [5, 5.41) is 3.34. The van der Waals surface area contributed by atoms with E-state index < -0.39 is 0 Å². The maximum atomic E-state index is 4.58. The van der Waals surface area contributed by atoms with Gasteiger partial charge in [-0.1, -0.05) is 20.8 Å². The van der Waals surface area contributed by atoms with Crippen molar-refractivity contribution in [2.75, 3.05) is 17.6 Å². The van der Waals surface area contributed by atoms with Crippen LogP contribution in [0, 0.1) is 12.8 Å². The first-order valence-corrected chi connectivity index (χ1v) is 8.34. The first-order chi connectivity index (χ1) is 8.54. The summed E-state index contributed by atoms with van der Waals surface area (Å²) in [6.07, 6.45) is 1.09. The van der Waals surface area contributed by atoms with E-state index in [4.69, 9.17) is 0 Å².